The van der Waals surface area contributed by atoms with Gasteiger partial charge in [0.1, 0.15) is 18.4 Å². The Labute approximate surface area is 124 Å². The highest BCUT2D eigenvalue weighted by molar-refractivity contribution is 7.09. The minimum Gasteiger partial charge on any atom is -0.491 e. The summed E-state index contributed by atoms with van der Waals surface area (Å²) in [6.07, 6.45) is 0. The lowest BCUT2D eigenvalue weighted by atomic mass is 10.2. The summed E-state index contributed by atoms with van der Waals surface area (Å²) in [6, 6.07) is 13.7. The van der Waals surface area contributed by atoms with Gasteiger partial charge in [0, 0.05) is 18.0 Å². The molecule has 0 unspecified atom stereocenters. The van der Waals surface area contributed by atoms with Crippen LogP contribution in [-0.4, -0.2) is 24.6 Å². The molecule has 0 aliphatic rings. The van der Waals surface area contributed by atoms with E-state index in [0.29, 0.717) is 17.9 Å². The Balaban J connectivity index is 1.83. The molecule has 0 radical (unpaired) electrons. The zero-order valence-corrected chi connectivity index (χ0v) is 12.4. The molecule has 1 aromatic heterocycles. The standard InChI is InChI=1S/C16H18N2OS/c1-2-18(13-15-7-5-11-20-15)9-10-19-16-8-4-3-6-14(16)12-17/h3-8,11H,2,9-10,13H2,1H3. The van der Waals surface area contributed by atoms with E-state index >= 15 is 0 Å². The minimum atomic E-state index is 0.591. The van der Waals surface area contributed by atoms with Crippen molar-refractivity contribution in [1.29, 1.82) is 5.26 Å². The van der Waals surface area contributed by atoms with E-state index in [1.807, 2.05) is 18.2 Å². The third kappa shape index (κ3) is 4.09. The van der Waals surface area contributed by atoms with Gasteiger partial charge in [-0.1, -0.05) is 25.1 Å². The summed E-state index contributed by atoms with van der Waals surface area (Å²) in [7, 11) is 0. The molecular weight excluding hydrogens is 268 g/mol. The first-order valence-corrected chi connectivity index (χ1v) is 7.58. The first-order chi connectivity index (χ1) is 9.83. The van der Waals surface area contributed by atoms with Crippen LogP contribution in [0.1, 0.15) is 17.4 Å². The van der Waals surface area contributed by atoms with Gasteiger partial charge in [0.25, 0.3) is 0 Å². The second kappa shape index (κ2) is 7.68. The maximum Gasteiger partial charge on any atom is 0.137 e. The van der Waals surface area contributed by atoms with Gasteiger partial charge < -0.3 is 4.74 Å². The van der Waals surface area contributed by atoms with Gasteiger partial charge in [0.2, 0.25) is 0 Å². The monoisotopic (exact) mass is 286 g/mol. The molecule has 1 heterocycles. The highest BCUT2D eigenvalue weighted by Crippen LogP contribution is 2.16. The van der Waals surface area contributed by atoms with Crippen molar-refractivity contribution in [1.82, 2.24) is 4.90 Å². The van der Waals surface area contributed by atoms with Gasteiger partial charge >= 0.3 is 0 Å². The van der Waals surface area contributed by atoms with Crippen molar-refractivity contribution >= 4 is 11.3 Å². The highest BCUT2D eigenvalue weighted by Gasteiger charge is 2.06. The number of nitrogens with zero attached hydrogens (tertiary/aromatic N) is 2. The van der Waals surface area contributed by atoms with Crippen molar-refractivity contribution < 1.29 is 4.74 Å². The van der Waals surface area contributed by atoms with Gasteiger partial charge in [0.05, 0.1) is 5.56 Å². The number of para-hydroxylation sites is 1. The quantitative estimate of drug-likeness (QED) is 0.781. The average molecular weight is 286 g/mol. The first kappa shape index (κ1) is 14.6. The Kier molecular flexibility index (Phi) is 5.60. The van der Waals surface area contributed by atoms with Crippen LogP contribution in [-0.2, 0) is 6.54 Å². The van der Waals surface area contributed by atoms with Crippen molar-refractivity contribution in [2.24, 2.45) is 0 Å². The number of benzene rings is 1. The number of hydrogen-bond donors (Lipinski definition) is 0. The molecule has 1 aromatic carbocycles. The van der Waals surface area contributed by atoms with E-state index in [-0.39, 0.29) is 0 Å². The second-order valence-electron chi connectivity index (χ2n) is 4.40. The van der Waals surface area contributed by atoms with Crippen LogP contribution in [0.3, 0.4) is 0 Å². The zero-order chi connectivity index (χ0) is 14.2. The van der Waals surface area contributed by atoms with Gasteiger partial charge in [-0.25, -0.2) is 0 Å². The van der Waals surface area contributed by atoms with Crippen LogP contribution in [0.2, 0.25) is 0 Å². The highest BCUT2D eigenvalue weighted by atomic mass is 32.1. The second-order valence-corrected chi connectivity index (χ2v) is 5.44. The summed E-state index contributed by atoms with van der Waals surface area (Å²) >= 11 is 1.78. The molecule has 2 rings (SSSR count). The summed E-state index contributed by atoms with van der Waals surface area (Å²) in [5.74, 6) is 0.669. The summed E-state index contributed by atoms with van der Waals surface area (Å²) in [5, 5.41) is 11.1. The Morgan fingerprint density at radius 1 is 1.25 bits per heavy atom. The number of hydrogen-bond acceptors (Lipinski definition) is 4. The Morgan fingerprint density at radius 3 is 2.80 bits per heavy atom. The molecule has 0 aliphatic heterocycles. The number of nitriles is 1. The smallest absolute Gasteiger partial charge is 0.137 e. The summed E-state index contributed by atoms with van der Waals surface area (Å²) in [4.78, 5) is 3.70. The van der Waals surface area contributed by atoms with Crippen molar-refractivity contribution in [3.05, 3.63) is 52.2 Å². The van der Waals surface area contributed by atoms with Crippen LogP contribution in [0.15, 0.2) is 41.8 Å². The van der Waals surface area contributed by atoms with Gasteiger partial charge in [-0.2, -0.15) is 5.26 Å². The van der Waals surface area contributed by atoms with Gasteiger partial charge in [-0.3, -0.25) is 4.90 Å². The molecule has 3 nitrogen and oxygen atoms in total. The molecule has 20 heavy (non-hydrogen) atoms. The molecule has 2 aromatic rings. The number of thiophene rings is 1. The fourth-order valence-electron chi connectivity index (χ4n) is 1.94. The number of ether oxygens (including phenoxy) is 1. The van der Waals surface area contributed by atoms with E-state index in [4.69, 9.17) is 10.00 Å². The van der Waals surface area contributed by atoms with Crippen LogP contribution in [0.5, 0.6) is 5.75 Å². The van der Waals surface area contributed by atoms with E-state index in [9.17, 15) is 0 Å². The number of likely N-dealkylation sites (N-methyl/N-ethyl adjacent to an activating group) is 1. The lowest BCUT2D eigenvalue weighted by Crippen LogP contribution is -2.27. The van der Waals surface area contributed by atoms with E-state index in [1.54, 1.807) is 17.4 Å². The molecular formula is C16H18N2OS. The van der Waals surface area contributed by atoms with Crippen molar-refractivity contribution in [2.75, 3.05) is 19.7 Å². The molecule has 104 valence electrons. The predicted molar refractivity (Wildman–Crippen MR) is 81.9 cm³/mol. The Hall–Kier alpha value is -1.83. The molecule has 0 atom stereocenters. The average Bonchev–Trinajstić information content (AvgIpc) is 2.99. The normalized spacial score (nSPS) is 10.4. The maximum absolute atomic E-state index is 9.01. The molecule has 0 N–H and O–H groups in total. The minimum absolute atomic E-state index is 0.591. The van der Waals surface area contributed by atoms with E-state index < -0.39 is 0 Å². The van der Waals surface area contributed by atoms with Crippen LogP contribution < -0.4 is 4.74 Å². The van der Waals surface area contributed by atoms with Gasteiger partial charge in [-0.05, 0) is 30.1 Å². The van der Waals surface area contributed by atoms with Gasteiger partial charge in [-0.15, -0.1) is 11.3 Å². The Bertz CT molecular complexity index is 560. The molecule has 0 saturated heterocycles. The van der Waals surface area contributed by atoms with Crippen LogP contribution in [0, 0.1) is 11.3 Å². The SMILES string of the molecule is CCN(CCOc1ccccc1C#N)Cc1cccs1. The van der Waals surface area contributed by atoms with Crippen LogP contribution in [0.4, 0.5) is 0 Å². The lowest BCUT2D eigenvalue weighted by molar-refractivity contribution is 0.211. The fraction of sp³-hybridized carbons (Fsp3) is 0.312. The molecule has 0 amide bonds. The molecule has 0 spiro atoms. The van der Waals surface area contributed by atoms with Crippen molar-refractivity contribution in [2.45, 2.75) is 13.5 Å². The molecule has 4 heteroatoms. The Morgan fingerprint density at radius 2 is 2.10 bits per heavy atom. The topological polar surface area (TPSA) is 36.3 Å². The largest absolute Gasteiger partial charge is 0.491 e. The third-order valence-corrected chi connectivity index (χ3v) is 3.94. The maximum atomic E-state index is 9.01. The molecule has 0 fully saturated rings. The molecule has 0 aliphatic carbocycles. The summed E-state index contributed by atoms with van der Waals surface area (Å²) < 4.78 is 5.72. The molecule has 0 bridgehead atoms. The van der Waals surface area contributed by atoms with E-state index in [1.165, 1.54) is 4.88 Å². The third-order valence-electron chi connectivity index (χ3n) is 3.08. The van der Waals surface area contributed by atoms with E-state index in [2.05, 4.69) is 35.4 Å². The summed E-state index contributed by atoms with van der Waals surface area (Å²) in [5.41, 5.74) is 0.591. The van der Waals surface area contributed by atoms with Crippen molar-refractivity contribution in [3.63, 3.8) is 0 Å². The van der Waals surface area contributed by atoms with Crippen LogP contribution in [0.25, 0.3) is 0 Å². The summed E-state index contributed by atoms with van der Waals surface area (Å²) in [6.45, 7) is 5.54. The van der Waals surface area contributed by atoms with E-state index in [0.717, 1.165) is 19.6 Å². The predicted octanol–water partition coefficient (Wildman–Crippen LogP) is 3.52. The fourth-order valence-corrected chi connectivity index (χ4v) is 2.69. The number of rotatable bonds is 7. The van der Waals surface area contributed by atoms with Crippen molar-refractivity contribution in [3.8, 4) is 11.8 Å². The zero-order valence-electron chi connectivity index (χ0n) is 11.6. The lowest BCUT2D eigenvalue weighted by Gasteiger charge is -2.19. The van der Waals surface area contributed by atoms with Gasteiger partial charge in [0.15, 0.2) is 0 Å². The van der Waals surface area contributed by atoms with Crippen LogP contribution >= 0.6 is 11.3 Å². The first-order valence-electron chi connectivity index (χ1n) is 6.70. The molecule has 0 saturated carbocycles.